The van der Waals surface area contributed by atoms with Crippen molar-refractivity contribution in [2.24, 2.45) is 5.41 Å². The molecule has 8 rings (SSSR count). The van der Waals surface area contributed by atoms with Gasteiger partial charge in [0.25, 0.3) is 0 Å². The van der Waals surface area contributed by atoms with Gasteiger partial charge in [-0.25, -0.2) is 8.78 Å². The number of nitrogens with zero attached hydrogens (tertiary/aromatic N) is 5. The van der Waals surface area contributed by atoms with E-state index in [4.69, 9.17) is 20.6 Å². The highest BCUT2D eigenvalue weighted by molar-refractivity contribution is 6.04. The van der Waals surface area contributed by atoms with E-state index in [9.17, 15) is 23.1 Å². The van der Waals surface area contributed by atoms with Crippen molar-refractivity contribution in [3.63, 3.8) is 0 Å². The van der Waals surface area contributed by atoms with Gasteiger partial charge in [-0.3, -0.25) is 9.69 Å². The number of aromatic hydroxyl groups is 1. The van der Waals surface area contributed by atoms with Crippen LogP contribution in [-0.4, -0.2) is 114 Å². The van der Waals surface area contributed by atoms with Crippen molar-refractivity contribution in [2.75, 3.05) is 57.9 Å². The third-order valence-corrected chi connectivity index (χ3v) is 11.5. The Hall–Kier alpha value is -4.78. The van der Waals surface area contributed by atoms with Crippen LogP contribution in [0, 0.1) is 29.4 Å². The highest BCUT2D eigenvalue weighted by Gasteiger charge is 2.52. The van der Waals surface area contributed by atoms with E-state index in [2.05, 4.69) is 20.8 Å². The predicted octanol–water partition coefficient (Wildman–Crippen LogP) is 6.05. The van der Waals surface area contributed by atoms with Crippen molar-refractivity contribution in [3.8, 4) is 35.2 Å². The van der Waals surface area contributed by atoms with Crippen LogP contribution in [0.25, 0.3) is 32.8 Å². The molecule has 4 atom stereocenters. The lowest BCUT2D eigenvalue weighted by atomic mass is 9.93. The average Bonchev–Trinajstić information content (AvgIpc) is 3.73. The van der Waals surface area contributed by atoms with Crippen LogP contribution in [0.1, 0.15) is 38.2 Å². The van der Waals surface area contributed by atoms with Gasteiger partial charge in [0.05, 0.1) is 36.5 Å². The number of rotatable bonds is 10. The molecule has 3 saturated heterocycles. The number of methoxy groups -OCH3 is 1. The molecule has 4 aromatic rings. The maximum Gasteiger partial charge on any atom is 0.471 e. The molecule has 4 heterocycles. The van der Waals surface area contributed by atoms with E-state index in [1.165, 1.54) is 12.1 Å². The summed E-state index contributed by atoms with van der Waals surface area (Å²) in [7, 11) is 1.66. The highest BCUT2D eigenvalue weighted by atomic mass is 19.4. The van der Waals surface area contributed by atoms with Crippen molar-refractivity contribution < 1.29 is 46.1 Å². The fraction of sp³-hybridized carbons (Fsp3) is 0.475. The Morgan fingerprint density at radius 2 is 1.78 bits per heavy atom. The summed E-state index contributed by atoms with van der Waals surface area (Å²) < 4.78 is 92.0. The Labute approximate surface area is 314 Å². The smallest absolute Gasteiger partial charge is 0.471 e. The number of amides is 1. The number of phenols is 1. The first-order chi connectivity index (χ1) is 26.3. The number of anilines is 1. The topological polar surface area (TPSA) is 100 Å². The van der Waals surface area contributed by atoms with Gasteiger partial charge >= 0.3 is 18.1 Å². The summed E-state index contributed by atoms with van der Waals surface area (Å²) in [4.78, 5) is 26.4. The molecule has 3 aromatic carbocycles. The Morgan fingerprint density at radius 1 is 1.05 bits per heavy atom. The van der Waals surface area contributed by atoms with Crippen molar-refractivity contribution in [1.82, 2.24) is 19.8 Å². The maximum atomic E-state index is 17.1. The third-order valence-electron chi connectivity index (χ3n) is 11.5. The summed E-state index contributed by atoms with van der Waals surface area (Å²) in [6.07, 6.45) is 3.02. The van der Waals surface area contributed by atoms with Gasteiger partial charge in [-0.1, -0.05) is 18.1 Å². The van der Waals surface area contributed by atoms with Crippen molar-refractivity contribution in [3.05, 3.63) is 53.6 Å². The van der Waals surface area contributed by atoms with Crippen LogP contribution >= 0.6 is 0 Å². The molecule has 2 bridgehead atoms. The van der Waals surface area contributed by atoms with E-state index in [0.717, 1.165) is 23.8 Å². The van der Waals surface area contributed by atoms with Crippen LogP contribution in [0.2, 0.25) is 0 Å². The second-order valence-corrected chi connectivity index (χ2v) is 15.1. The number of aromatic nitrogens is 2. The van der Waals surface area contributed by atoms with Crippen LogP contribution in [0.15, 0.2) is 36.4 Å². The quantitative estimate of drug-likeness (QED) is 0.153. The summed E-state index contributed by atoms with van der Waals surface area (Å²) in [5.41, 5.74) is -0.616. The van der Waals surface area contributed by atoms with Crippen molar-refractivity contribution >= 4 is 33.4 Å². The number of terminal acetylenes is 1. The number of ether oxygens (including phenoxy) is 3. The fourth-order valence-electron chi connectivity index (χ4n) is 8.76. The second-order valence-electron chi connectivity index (χ2n) is 15.1. The Kier molecular flexibility index (Phi) is 9.50. The second kappa shape index (κ2) is 14.1. The monoisotopic (exact) mass is 765 g/mol. The number of likely N-dealkylation sites (tertiary alicyclic amines) is 1. The number of fused-ring (bicyclic) bond motifs is 4. The van der Waals surface area contributed by atoms with Crippen LogP contribution in [-0.2, 0) is 14.3 Å². The zero-order chi connectivity index (χ0) is 38.8. The van der Waals surface area contributed by atoms with Crippen LogP contribution < -0.4 is 9.64 Å². The van der Waals surface area contributed by atoms with E-state index in [0.29, 0.717) is 55.4 Å². The van der Waals surface area contributed by atoms with Gasteiger partial charge in [-0.05, 0) is 62.3 Å². The zero-order valence-electron chi connectivity index (χ0n) is 30.3. The van der Waals surface area contributed by atoms with Gasteiger partial charge < -0.3 is 29.1 Å². The predicted molar refractivity (Wildman–Crippen MR) is 194 cm³/mol. The van der Waals surface area contributed by atoms with Crippen LogP contribution in [0.5, 0.6) is 11.8 Å². The lowest BCUT2D eigenvalue weighted by Gasteiger charge is -2.42. The number of benzene rings is 3. The zero-order valence-corrected chi connectivity index (χ0v) is 30.3. The SMILES string of the molecule is C#Cc1cccc2cc(O)cc(-c3c(F)cc4c(N5CC6CCC(C5)N6C(=O)C(F)(F)F)nc(OCC5(CN6CC(OC)[C@@H](OCC)C6)CC5)nc4c3F)c12. The molecule has 4 aliphatic rings. The van der Waals surface area contributed by atoms with E-state index in [1.54, 1.807) is 30.2 Å². The molecular weight excluding hydrogens is 725 g/mol. The average molecular weight is 766 g/mol. The number of carbonyl (C=O) groups excluding carboxylic acids is 1. The number of carbonyl (C=O) groups is 1. The summed E-state index contributed by atoms with van der Waals surface area (Å²) in [5.74, 6) is -1.54. The molecule has 10 nitrogen and oxygen atoms in total. The van der Waals surface area contributed by atoms with E-state index >= 15 is 8.78 Å². The molecule has 1 aromatic heterocycles. The minimum absolute atomic E-state index is 0.0164. The van der Waals surface area contributed by atoms with Gasteiger partial charge in [0, 0.05) is 73.8 Å². The van der Waals surface area contributed by atoms with Crippen LogP contribution in [0.4, 0.5) is 27.8 Å². The molecular formula is C40H40F5N5O5. The normalized spacial score (nSPS) is 23.5. The number of piperazine rings is 1. The van der Waals surface area contributed by atoms with Crippen molar-refractivity contribution in [1.29, 1.82) is 0 Å². The molecule has 3 aliphatic heterocycles. The number of hydrogen-bond acceptors (Lipinski definition) is 9. The molecule has 1 N–H and O–H groups in total. The first-order valence-corrected chi connectivity index (χ1v) is 18.4. The summed E-state index contributed by atoms with van der Waals surface area (Å²) in [6, 6.07) is 7.00. The van der Waals surface area contributed by atoms with E-state index in [-0.39, 0.29) is 71.4 Å². The number of alkyl halides is 3. The number of phenolic OH excluding ortho intramolecular Hbond substituents is 1. The standard InChI is InChI=1S/C40H40F5N5O5/c1-4-22-7-6-8-23-13-26(51)14-27(32(22)23)33-29(41)15-28-35(34(33)42)46-38(55-21-39(11-12-39)20-48-18-30(53-3)31(19-48)54-5-2)47-36(28)49-16-24-9-10-25(17-49)50(24)37(52)40(43,44)45/h1,6-8,13-15,24-25,30-31,51H,5,9-12,16-21H2,2-3H3/t24?,25?,30?,31-/m0/s1. The van der Waals surface area contributed by atoms with Gasteiger partial charge in [0.15, 0.2) is 5.82 Å². The Balaban J connectivity index is 1.18. The molecule has 3 unspecified atom stereocenters. The number of halogens is 5. The largest absolute Gasteiger partial charge is 0.508 e. The van der Waals surface area contributed by atoms with Crippen molar-refractivity contribution in [2.45, 2.75) is 63.1 Å². The van der Waals surface area contributed by atoms with Gasteiger partial charge in [0.1, 0.15) is 22.9 Å². The summed E-state index contributed by atoms with van der Waals surface area (Å²) in [6.45, 7) is 4.70. The summed E-state index contributed by atoms with van der Waals surface area (Å²) >= 11 is 0. The molecule has 1 aliphatic carbocycles. The minimum atomic E-state index is -5.04. The van der Waals surface area contributed by atoms with Gasteiger partial charge in [-0.15, -0.1) is 6.42 Å². The lowest BCUT2D eigenvalue weighted by molar-refractivity contribution is -0.188. The summed E-state index contributed by atoms with van der Waals surface area (Å²) in [5, 5.41) is 11.4. The molecule has 1 saturated carbocycles. The molecule has 4 fully saturated rings. The van der Waals surface area contributed by atoms with Gasteiger partial charge in [-0.2, -0.15) is 23.1 Å². The molecule has 55 heavy (non-hydrogen) atoms. The van der Waals surface area contributed by atoms with E-state index < -0.39 is 41.4 Å². The minimum Gasteiger partial charge on any atom is -0.508 e. The highest BCUT2D eigenvalue weighted by Crippen LogP contribution is 2.48. The molecule has 0 spiro atoms. The van der Waals surface area contributed by atoms with Crippen LogP contribution in [0.3, 0.4) is 0 Å². The Bertz CT molecular complexity index is 2190. The third kappa shape index (κ3) is 6.78. The van der Waals surface area contributed by atoms with E-state index in [1.807, 2.05) is 6.92 Å². The van der Waals surface area contributed by atoms with Gasteiger partial charge in [0.2, 0.25) is 0 Å². The Morgan fingerprint density at radius 3 is 2.44 bits per heavy atom. The lowest BCUT2D eigenvalue weighted by Crippen LogP contribution is -2.59. The molecule has 290 valence electrons. The molecule has 15 heteroatoms. The first kappa shape index (κ1) is 37.2. The number of hydrogen-bond donors (Lipinski definition) is 1. The first-order valence-electron chi connectivity index (χ1n) is 18.4. The maximum absolute atomic E-state index is 17.1. The molecule has 0 radical (unpaired) electrons. The molecule has 1 amide bonds. The fourth-order valence-corrected chi connectivity index (χ4v) is 8.76.